The first-order valence-corrected chi connectivity index (χ1v) is 6.05. The van der Waals surface area contributed by atoms with Crippen molar-refractivity contribution in [2.75, 3.05) is 5.32 Å². The first-order chi connectivity index (χ1) is 9.40. The van der Waals surface area contributed by atoms with Gasteiger partial charge in [0.25, 0.3) is 0 Å². The Hall–Kier alpha value is -2.14. The largest absolute Gasteiger partial charge is 0.417 e. The lowest BCUT2D eigenvalue weighted by molar-refractivity contribution is -0.137. The number of nitriles is 1. The van der Waals surface area contributed by atoms with Crippen molar-refractivity contribution in [2.45, 2.75) is 6.18 Å². The second kappa shape index (κ2) is 5.46. The fourth-order valence-electron chi connectivity index (χ4n) is 1.46. The van der Waals surface area contributed by atoms with E-state index < -0.39 is 17.3 Å². The molecule has 1 aromatic heterocycles. The van der Waals surface area contributed by atoms with Gasteiger partial charge in [0.05, 0.1) is 21.7 Å². The average molecular weight is 343 g/mol. The number of rotatable bonds is 2. The molecular weight excluding hydrogens is 337 g/mol. The minimum Gasteiger partial charge on any atom is -0.324 e. The summed E-state index contributed by atoms with van der Waals surface area (Å²) in [4.78, 5) is 7.79. The van der Waals surface area contributed by atoms with Gasteiger partial charge in [-0.15, -0.1) is 0 Å². The van der Waals surface area contributed by atoms with E-state index in [2.05, 4.69) is 31.2 Å². The summed E-state index contributed by atoms with van der Waals surface area (Å²) in [6, 6.07) is 4.83. The smallest absolute Gasteiger partial charge is 0.324 e. The predicted molar refractivity (Wildman–Crippen MR) is 69.2 cm³/mol. The molecule has 0 aliphatic heterocycles. The lowest BCUT2D eigenvalue weighted by Crippen LogP contribution is -2.08. The topological polar surface area (TPSA) is 61.6 Å². The van der Waals surface area contributed by atoms with Crippen LogP contribution in [0.15, 0.2) is 35.1 Å². The zero-order valence-corrected chi connectivity index (χ0v) is 11.3. The van der Waals surface area contributed by atoms with E-state index in [1.165, 1.54) is 24.5 Å². The number of benzene rings is 1. The fraction of sp³-hybridized carbons (Fsp3) is 0.0833. The molecule has 0 spiro atoms. The van der Waals surface area contributed by atoms with E-state index in [1.807, 2.05) is 0 Å². The van der Waals surface area contributed by atoms with Crippen LogP contribution >= 0.6 is 15.9 Å². The van der Waals surface area contributed by atoms with Gasteiger partial charge in [0.15, 0.2) is 0 Å². The number of anilines is 2. The zero-order valence-electron chi connectivity index (χ0n) is 9.74. The van der Waals surface area contributed by atoms with Gasteiger partial charge < -0.3 is 5.32 Å². The minimum absolute atomic E-state index is 0.152. The zero-order chi connectivity index (χ0) is 14.8. The van der Waals surface area contributed by atoms with Gasteiger partial charge in [0.2, 0.25) is 5.95 Å². The summed E-state index contributed by atoms with van der Waals surface area (Å²) >= 11 is 3.15. The highest BCUT2D eigenvalue weighted by atomic mass is 79.9. The molecule has 0 amide bonds. The number of halogens is 4. The van der Waals surface area contributed by atoms with Gasteiger partial charge in [-0.1, -0.05) is 0 Å². The van der Waals surface area contributed by atoms with Crippen molar-refractivity contribution < 1.29 is 13.2 Å². The van der Waals surface area contributed by atoms with Crippen LogP contribution < -0.4 is 5.32 Å². The van der Waals surface area contributed by atoms with E-state index in [0.717, 1.165) is 12.1 Å². The Labute approximate surface area is 120 Å². The molecule has 2 aromatic rings. The highest BCUT2D eigenvalue weighted by Gasteiger charge is 2.33. The molecule has 0 saturated carbocycles. The van der Waals surface area contributed by atoms with Gasteiger partial charge in [-0.05, 0) is 34.1 Å². The van der Waals surface area contributed by atoms with Crippen molar-refractivity contribution in [3.63, 3.8) is 0 Å². The predicted octanol–water partition coefficient (Wildman–Crippen LogP) is 3.87. The molecular formula is C12H6BrF3N4. The highest BCUT2D eigenvalue weighted by Crippen LogP contribution is 2.33. The highest BCUT2D eigenvalue weighted by molar-refractivity contribution is 9.10. The summed E-state index contributed by atoms with van der Waals surface area (Å²) < 4.78 is 39.0. The molecule has 4 nitrogen and oxygen atoms in total. The van der Waals surface area contributed by atoms with E-state index >= 15 is 0 Å². The van der Waals surface area contributed by atoms with Crippen LogP contribution in [0.3, 0.4) is 0 Å². The van der Waals surface area contributed by atoms with Crippen molar-refractivity contribution in [3.05, 3.63) is 46.2 Å². The molecule has 8 heteroatoms. The fourth-order valence-corrected chi connectivity index (χ4v) is 1.66. The molecule has 0 fully saturated rings. The molecule has 1 heterocycles. The van der Waals surface area contributed by atoms with Crippen LogP contribution in [0, 0.1) is 11.3 Å². The van der Waals surface area contributed by atoms with E-state index in [-0.39, 0.29) is 11.6 Å². The Bertz CT molecular complexity index is 662. The van der Waals surface area contributed by atoms with Crippen LogP contribution in [0.4, 0.5) is 24.8 Å². The van der Waals surface area contributed by atoms with Crippen LogP contribution in [0.1, 0.15) is 11.1 Å². The third-order valence-corrected chi connectivity index (χ3v) is 2.73. The monoisotopic (exact) mass is 342 g/mol. The molecule has 2 rings (SSSR count). The molecule has 1 N–H and O–H groups in total. The van der Waals surface area contributed by atoms with Crippen LogP contribution in [-0.4, -0.2) is 9.97 Å². The van der Waals surface area contributed by atoms with Crippen molar-refractivity contribution in [1.82, 2.24) is 9.97 Å². The maximum Gasteiger partial charge on any atom is 0.417 e. The van der Waals surface area contributed by atoms with E-state index in [1.54, 1.807) is 0 Å². The number of hydrogen-bond donors (Lipinski definition) is 1. The van der Waals surface area contributed by atoms with E-state index in [0.29, 0.717) is 4.47 Å². The van der Waals surface area contributed by atoms with Crippen molar-refractivity contribution in [2.24, 2.45) is 0 Å². The summed E-state index contributed by atoms with van der Waals surface area (Å²) in [5.41, 5.74) is -1.28. The molecule has 1 aromatic carbocycles. The molecule has 0 radical (unpaired) electrons. The Morgan fingerprint density at radius 2 is 1.85 bits per heavy atom. The lowest BCUT2D eigenvalue weighted by atomic mass is 10.1. The van der Waals surface area contributed by atoms with Crippen LogP contribution in [0.2, 0.25) is 0 Å². The molecule has 0 aliphatic rings. The summed E-state index contributed by atoms with van der Waals surface area (Å²) in [5.74, 6) is 0.158. The van der Waals surface area contributed by atoms with Crippen molar-refractivity contribution in [3.8, 4) is 6.07 Å². The Balaban J connectivity index is 2.34. The van der Waals surface area contributed by atoms with E-state index in [4.69, 9.17) is 5.26 Å². The second-order valence-corrected chi connectivity index (χ2v) is 4.64. The first kappa shape index (κ1) is 14.3. The van der Waals surface area contributed by atoms with Crippen LogP contribution in [-0.2, 0) is 6.18 Å². The third kappa shape index (κ3) is 3.24. The molecule has 20 heavy (non-hydrogen) atoms. The molecule has 0 atom stereocenters. The molecule has 0 aliphatic carbocycles. The molecule has 0 bridgehead atoms. The number of alkyl halides is 3. The maximum atomic E-state index is 12.8. The quantitative estimate of drug-likeness (QED) is 0.899. The average Bonchev–Trinajstić information content (AvgIpc) is 2.40. The Morgan fingerprint density at radius 3 is 2.40 bits per heavy atom. The van der Waals surface area contributed by atoms with Crippen molar-refractivity contribution >= 4 is 27.6 Å². The van der Waals surface area contributed by atoms with Gasteiger partial charge in [0, 0.05) is 18.1 Å². The Kier molecular flexibility index (Phi) is 3.90. The standard InChI is InChI=1S/C12H6BrF3N4/c13-8-5-18-11(19-6-8)20-9-2-1-7(4-17)10(3-9)12(14,15)16/h1-3,5-6H,(H,18,19,20). The summed E-state index contributed by atoms with van der Waals surface area (Å²) in [6.07, 6.45) is -1.67. The SMILES string of the molecule is N#Cc1ccc(Nc2ncc(Br)cn2)cc1C(F)(F)F. The van der Waals surface area contributed by atoms with Gasteiger partial charge >= 0.3 is 6.18 Å². The molecule has 0 unspecified atom stereocenters. The summed E-state index contributed by atoms with van der Waals surface area (Å²) in [6.45, 7) is 0. The van der Waals surface area contributed by atoms with Crippen LogP contribution in [0.5, 0.6) is 0 Å². The van der Waals surface area contributed by atoms with Gasteiger partial charge in [0.1, 0.15) is 0 Å². The number of nitrogens with zero attached hydrogens (tertiary/aromatic N) is 3. The van der Waals surface area contributed by atoms with E-state index in [9.17, 15) is 13.2 Å². The van der Waals surface area contributed by atoms with Crippen molar-refractivity contribution in [1.29, 1.82) is 5.26 Å². The summed E-state index contributed by atoms with van der Waals surface area (Å²) in [7, 11) is 0. The minimum atomic E-state index is -4.59. The maximum absolute atomic E-state index is 12.8. The normalized spacial score (nSPS) is 10.9. The molecule has 0 saturated heterocycles. The number of hydrogen-bond acceptors (Lipinski definition) is 4. The Morgan fingerprint density at radius 1 is 1.20 bits per heavy atom. The lowest BCUT2D eigenvalue weighted by Gasteiger charge is -2.11. The third-order valence-electron chi connectivity index (χ3n) is 2.32. The number of aromatic nitrogens is 2. The number of nitrogens with one attached hydrogen (secondary N) is 1. The summed E-state index contributed by atoms with van der Waals surface area (Å²) in [5, 5.41) is 11.3. The first-order valence-electron chi connectivity index (χ1n) is 5.26. The van der Waals surface area contributed by atoms with Gasteiger partial charge in [-0.25, -0.2) is 9.97 Å². The second-order valence-electron chi connectivity index (χ2n) is 3.72. The van der Waals surface area contributed by atoms with Crippen LogP contribution in [0.25, 0.3) is 0 Å². The molecule has 102 valence electrons. The van der Waals surface area contributed by atoms with Gasteiger partial charge in [-0.3, -0.25) is 0 Å². The van der Waals surface area contributed by atoms with Gasteiger partial charge in [-0.2, -0.15) is 18.4 Å².